The second kappa shape index (κ2) is 10.3. The number of aromatic hydroxyl groups is 1. The fraction of sp³-hybridized carbons (Fsp3) is 0.440. The van der Waals surface area contributed by atoms with Crippen molar-refractivity contribution in [2.75, 3.05) is 31.6 Å². The van der Waals surface area contributed by atoms with Gasteiger partial charge in [-0.05, 0) is 119 Å². The third kappa shape index (κ3) is 5.68. The second-order valence-electron chi connectivity index (χ2n) is 8.65. The molecule has 1 N–H and O–H groups in total. The fourth-order valence-corrected chi connectivity index (χ4v) is 5.49. The number of anilines is 1. The van der Waals surface area contributed by atoms with Crippen LogP contribution in [0.4, 0.5) is 5.69 Å². The van der Waals surface area contributed by atoms with Crippen molar-refractivity contribution in [3.05, 3.63) is 68.7 Å². The quantitative estimate of drug-likeness (QED) is 0.424. The molecule has 3 nitrogen and oxygen atoms in total. The minimum Gasteiger partial charge on any atom is -0.506 e. The average Bonchev–Trinajstić information content (AvgIpc) is 2.71. The molecule has 0 bridgehead atoms. The maximum Gasteiger partial charge on any atom is 0.143 e. The minimum absolute atomic E-state index is 0.244. The number of para-hydroxylation sites is 1. The van der Waals surface area contributed by atoms with Crippen molar-refractivity contribution in [1.82, 2.24) is 4.90 Å². The van der Waals surface area contributed by atoms with Crippen LogP contribution in [0, 0.1) is 18.8 Å². The van der Waals surface area contributed by atoms with Gasteiger partial charge in [0, 0.05) is 17.9 Å². The number of piperidine rings is 1. The Kier molecular flexibility index (Phi) is 8.05. The molecule has 3 rings (SSSR count). The Labute approximate surface area is 198 Å². The molecule has 0 saturated carbocycles. The van der Waals surface area contributed by atoms with E-state index in [1.54, 1.807) is 0 Å². The van der Waals surface area contributed by atoms with E-state index in [2.05, 4.69) is 93.4 Å². The Balaban J connectivity index is 1.81. The van der Waals surface area contributed by atoms with Gasteiger partial charge in [0.2, 0.25) is 0 Å². The first-order valence-corrected chi connectivity index (χ1v) is 12.2. The van der Waals surface area contributed by atoms with E-state index in [0.29, 0.717) is 14.9 Å². The molecule has 0 aromatic heterocycles. The Morgan fingerprint density at radius 3 is 2.40 bits per heavy atom. The molecule has 0 unspecified atom stereocenters. The second-order valence-corrected chi connectivity index (χ2v) is 10.4. The van der Waals surface area contributed by atoms with Gasteiger partial charge in [-0.25, -0.2) is 0 Å². The number of phenolic OH excluding ortho intramolecular Hbond substituents is 1. The molecule has 0 spiro atoms. The summed E-state index contributed by atoms with van der Waals surface area (Å²) in [4.78, 5) is 4.88. The minimum atomic E-state index is 0.244. The number of hydrogen-bond acceptors (Lipinski definition) is 3. The van der Waals surface area contributed by atoms with Gasteiger partial charge >= 0.3 is 0 Å². The summed E-state index contributed by atoms with van der Waals surface area (Å²) in [7, 11) is 2.21. The molecule has 1 fully saturated rings. The van der Waals surface area contributed by atoms with Crippen molar-refractivity contribution in [2.24, 2.45) is 11.8 Å². The van der Waals surface area contributed by atoms with Gasteiger partial charge in [0.05, 0.1) is 8.95 Å². The van der Waals surface area contributed by atoms with E-state index in [1.165, 1.54) is 42.7 Å². The highest BCUT2D eigenvalue weighted by molar-refractivity contribution is 9.11. The van der Waals surface area contributed by atoms with Crippen LogP contribution in [0.5, 0.6) is 5.75 Å². The van der Waals surface area contributed by atoms with E-state index in [9.17, 15) is 5.11 Å². The Morgan fingerprint density at radius 2 is 1.80 bits per heavy atom. The lowest BCUT2D eigenvalue weighted by Crippen LogP contribution is -2.38. The van der Waals surface area contributed by atoms with Gasteiger partial charge < -0.3 is 14.9 Å². The number of halogens is 2. The molecule has 2 aromatic carbocycles. The van der Waals surface area contributed by atoms with Crippen molar-refractivity contribution >= 4 is 37.5 Å². The summed E-state index contributed by atoms with van der Waals surface area (Å²) in [5.41, 5.74) is 4.88. The first-order valence-electron chi connectivity index (χ1n) is 10.6. The molecule has 1 aliphatic rings. The van der Waals surface area contributed by atoms with Crippen molar-refractivity contribution < 1.29 is 5.11 Å². The van der Waals surface area contributed by atoms with Gasteiger partial charge in [-0.2, -0.15) is 0 Å². The number of aryl methyl sites for hydroxylation is 1. The Morgan fingerprint density at radius 1 is 1.20 bits per heavy atom. The third-order valence-corrected chi connectivity index (χ3v) is 7.43. The molecule has 1 atom stereocenters. The number of likely N-dealkylation sites (tertiary alicyclic amines) is 1. The highest BCUT2D eigenvalue weighted by Gasteiger charge is 2.24. The predicted molar refractivity (Wildman–Crippen MR) is 134 cm³/mol. The first-order chi connectivity index (χ1) is 14.3. The monoisotopic (exact) mass is 534 g/mol. The first kappa shape index (κ1) is 23.4. The molecule has 1 saturated heterocycles. The van der Waals surface area contributed by atoms with Crippen LogP contribution >= 0.6 is 31.9 Å². The number of nitrogens with zero attached hydrogens (tertiary/aromatic N) is 2. The van der Waals surface area contributed by atoms with E-state index in [0.717, 1.165) is 18.7 Å². The molecule has 0 aliphatic carbocycles. The van der Waals surface area contributed by atoms with E-state index in [4.69, 9.17) is 0 Å². The molecule has 2 aromatic rings. The molecule has 1 heterocycles. The standard InChI is InChI=1S/C25H32Br2N2O/c1-17-7-5-6-8-24(17)29(16-20-9-11-28(4)12-10-20)19(3)18(2)13-21-14-22(26)25(30)23(27)15-21/h5-8,14-15,18,20,30H,3,9-13,16H2,1-2,4H3/t18-/m1/s1. The number of phenols is 1. The highest BCUT2D eigenvalue weighted by Crippen LogP contribution is 2.35. The van der Waals surface area contributed by atoms with Gasteiger partial charge in [-0.1, -0.05) is 31.7 Å². The summed E-state index contributed by atoms with van der Waals surface area (Å²) in [6, 6.07) is 12.6. The fourth-order valence-electron chi connectivity index (χ4n) is 4.21. The van der Waals surface area contributed by atoms with Crippen LogP contribution in [0.25, 0.3) is 0 Å². The van der Waals surface area contributed by atoms with Gasteiger partial charge in [0.1, 0.15) is 5.75 Å². The lowest BCUT2D eigenvalue weighted by Gasteiger charge is -2.37. The third-order valence-electron chi connectivity index (χ3n) is 6.22. The van der Waals surface area contributed by atoms with Crippen LogP contribution in [0.3, 0.4) is 0 Å². The van der Waals surface area contributed by atoms with Crippen molar-refractivity contribution in [1.29, 1.82) is 0 Å². The molecule has 0 amide bonds. The highest BCUT2D eigenvalue weighted by atomic mass is 79.9. The zero-order valence-corrected chi connectivity index (χ0v) is 21.3. The summed E-state index contributed by atoms with van der Waals surface area (Å²) < 4.78 is 1.43. The predicted octanol–water partition coefficient (Wildman–Crippen LogP) is 6.77. The van der Waals surface area contributed by atoms with Gasteiger partial charge in [-0.3, -0.25) is 0 Å². The van der Waals surface area contributed by atoms with Crippen LogP contribution < -0.4 is 4.90 Å². The number of allylic oxidation sites excluding steroid dienone is 1. The van der Waals surface area contributed by atoms with E-state index < -0.39 is 0 Å². The van der Waals surface area contributed by atoms with Gasteiger partial charge in [-0.15, -0.1) is 0 Å². The molecule has 5 heteroatoms. The summed E-state index contributed by atoms with van der Waals surface area (Å²) >= 11 is 6.91. The maximum absolute atomic E-state index is 10.0. The van der Waals surface area contributed by atoms with Crippen LogP contribution in [-0.4, -0.2) is 36.7 Å². The lowest BCUT2D eigenvalue weighted by atomic mass is 9.93. The molecular weight excluding hydrogens is 504 g/mol. The molecular formula is C25H32Br2N2O. The molecule has 30 heavy (non-hydrogen) atoms. The topological polar surface area (TPSA) is 26.7 Å². The molecule has 0 radical (unpaired) electrons. The summed E-state index contributed by atoms with van der Waals surface area (Å²) in [6.07, 6.45) is 3.34. The smallest absolute Gasteiger partial charge is 0.143 e. The van der Waals surface area contributed by atoms with Crippen LogP contribution in [0.15, 0.2) is 57.6 Å². The zero-order chi connectivity index (χ0) is 21.8. The molecule has 1 aliphatic heterocycles. The number of benzene rings is 2. The number of rotatable bonds is 7. The lowest BCUT2D eigenvalue weighted by molar-refractivity contribution is 0.222. The normalized spacial score (nSPS) is 16.4. The van der Waals surface area contributed by atoms with Crippen molar-refractivity contribution in [2.45, 2.75) is 33.1 Å². The van der Waals surface area contributed by atoms with Crippen LogP contribution in [0.1, 0.15) is 30.9 Å². The Hall–Kier alpha value is -1.30. The Bertz CT molecular complexity index is 867. The van der Waals surface area contributed by atoms with Crippen molar-refractivity contribution in [3.63, 3.8) is 0 Å². The average molecular weight is 536 g/mol. The summed E-state index contributed by atoms with van der Waals surface area (Å²) in [6.45, 7) is 12.3. The van der Waals surface area contributed by atoms with Crippen molar-refractivity contribution in [3.8, 4) is 5.75 Å². The van der Waals surface area contributed by atoms with E-state index in [1.807, 2.05) is 12.1 Å². The largest absolute Gasteiger partial charge is 0.506 e. The molecule has 162 valence electrons. The maximum atomic E-state index is 10.0. The SMILES string of the molecule is C=C([C@H](C)Cc1cc(Br)c(O)c(Br)c1)N(CC1CCN(C)CC1)c1ccccc1C. The van der Waals surface area contributed by atoms with Gasteiger partial charge in [0.25, 0.3) is 0 Å². The van der Waals surface area contributed by atoms with E-state index >= 15 is 0 Å². The van der Waals surface area contributed by atoms with E-state index in [-0.39, 0.29) is 11.7 Å². The van der Waals surface area contributed by atoms with Crippen LogP contribution in [0.2, 0.25) is 0 Å². The summed E-state index contributed by atoms with van der Waals surface area (Å²) in [5, 5.41) is 10.0. The summed E-state index contributed by atoms with van der Waals surface area (Å²) in [5.74, 6) is 1.20. The number of hydrogen-bond donors (Lipinski definition) is 1. The zero-order valence-electron chi connectivity index (χ0n) is 18.2. The van der Waals surface area contributed by atoms with Crippen LogP contribution in [-0.2, 0) is 6.42 Å². The van der Waals surface area contributed by atoms with Gasteiger partial charge in [0.15, 0.2) is 0 Å².